The molecule has 1 aromatic rings. The van der Waals surface area contributed by atoms with Gasteiger partial charge in [-0.25, -0.2) is 0 Å². The summed E-state index contributed by atoms with van der Waals surface area (Å²) in [5.41, 5.74) is 0.621. The predicted molar refractivity (Wildman–Crippen MR) is 62.6 cm³/mol. The van der Waals surface area contributed by atoms with E-state index in [1.165, 1.54) is 12.1 Å². The standard InChI is InChI=1S/C12H13F2NO4/c13-12(14)18-9-5-4-8(7-10(9)19-12)15-6-2-1-3-11(16)17/h4-5,7,15H,1-3,6H2,(H,16,17). The van der Waals surface area contributed by atoms with Crippen molar-refractivity contribution in [3.8, 4) is 11.5 Å². The first-order valence-corrected chi connectivity index (χ1v) is 5.82. The van der Waals surface area contributed by atoms with Crippen LogP contribution in [-0.4, -0.2) is 23.9 Å². The number of nitrogens with one attached hydrogen (secondary N) is 1. The molecule has 7 heteroatoms. The number of hydrogen-bond donors (Lipinski definition) is 2. The lowest BCUT2D eigenvalue weighted by atomic mass is 10.2. The molecule has 0 spiro atoms. The van der Waals surface area contributed by atoms with E-state index in [0.717, 1.165) is 0 Å². The molecule has 1 aliphatic heterocycles. The monoisotopic (exact) mass is 273 g/mol. The molecule has 0 aliphatic carbocycles. The van der Waals surface area contributed by atoms with E-state index < -0.39 is 12.3 Å². The molecule has 0 amide bonds. The van der Waals surface area contributed by atoms with E-state index in [1.54, 1.807) is 6.07 Å². The number of fused-ring (bicyclic) bond motifs is 1. The summed E-state index contributed by atoms with van der Waals surface area (Å²) >= 11 is 0. The van der Waals surface area contributed by atoms with E-state index in [4.69, 9.17) is 5.11 Å². The van der Waals surface area contributed by atoms with Gasteiger partial charge in [0.1, 0.15) is 0 Å². The molecule has 2 rings (SSSR count). The Hall–Kier alpha value is -2.05. The highest BCUT2D eigenvalue weighted by Gasteiger charge is 2.43. The smallest absolute Gasteiger partial charge is 0.481 e. The lowest BCUT2D eigenvalue weighted by molar-refractivity contribution is -0.286. The fourth-order valence-electron chi connectivity index (χ4n) is 1.69. The van der Waals surface area contributed by atoms with Gasteiger partial charge in [-0.2, -0.15) is 0 Å². The first-order chi connectivity index (χ1) is 8.96. The van der Waals surface area contributed by atoms with E-state index in [0.29, 0.717) is 25.1 Å². The van der Waals surface area contributed by atoms with Crippen molar-refractivity contribution < 1.29 is 28.2 Å². The Morgan fingerprint density at radius 3 is 2.74 bits per heavy atom. The highest BCUT2D eigenvalue weighted by Crippen LogP contribution is 2.42. The summed E-state index contributed by atoms with van der Waals surface area (Å²) in [6.07, 6.45) is -2.25. The second-order valence-electron chi connectivity index (χ2n) is 4.11. The minimum absolute atomic E-state index is 0.00132. The van der Waals surface area contributed by atoms with Crippen LogP contribution < -0.4 is 14.8 Å². The lowest BCUT2D eigenvalue weighted by Crippen LogP contribution is -2.25. The summed E-state index contributed by atoms with van der Waals surface area (Å²) in [6, 6.07) is 4.42. The Morgan fingerprint density at radius 1 is 1.26 bits per heavy atom. The van der Waals surface area contributed by atoms with Gasteiger partial charge in [0.25, 0.3) is 0 Å². The third-order valence-corrected chi connectivity index (χ3v) is 2.55. The summed E-state index contributed by atoms with van der Waals surface area (Å²) in [4.78, 5) is 10.3. The second kappa shape index (κ2) is 5.29. The number of benzene rings is 1. The van der Waals surface area contributed by atoms with Gasteiger partial charge in [0.2, 0.25) is 0 Å². The molecule has 1 aliphatic rings. The van der Waals surface area contributed by atoms with Crippen molar-refractivity contribution in [2.45, 2.75) is 25.6 Å². The summed E-state index contributed by atoms with van der Waals surface area (Å²) in [5, 5.41) is 11.5. The van der Waals surface area contributed by atoms with Crippen LogP contribution in [0.2, 0.25) is 0 Å². The molecule has 5 nitrogen and oxygen atoms in total. The Kier molecular flexibility index (Phi) is 3.73. The molecule has 0 unspecified atom stereocenters. The van der Waals surface area contributed by atoms with Crippen molar-refractivity contribution in [1.82, 2.24) is 0 Å². The molecule has 104 valence electrons. The Balaban J connectivity index is 1.82. The summed E-state index contributed by atoms with van der Waals surface area (Å²) in [6.45, 7) is 0.559. The van der Waals surface area contributed by atoms with Crippen LogP contribution in [0.5, 0.6) is 11.5 Å². The number of halogens is 2. The van der Waals surface area contributed by atoms with Gasteiger partial charge in [-0.1, -0.05) is 0 Å². The number of hydrogen-bond acceptors (Lipinski definition) is 4. The van der Waals surface area contributed by atoms with E-state index in [-0.39, 0.29) is 17.9 Å². The fraction of sp³-hybridized carbons (Fsp3) is 0.417. The minimum Gasteiger partial charge on any atom is -0.481 e. The van der Waals surface area contributed by atoms with Gasteiger partial charge >= 0.3 is 12.3 Å². The van der Waals surface area contributed by atoms with Crippen LogP contribution in [0, 0.1) is 0 Å². The molecule has 0 bridgehead atoms. The van der Waals surface area contributed by atoms with Crippen LogP contribution in [0.3, 0.4) is 0 Å². The van der Waals surface area contributed by atoms with Crippen LogP contribution in [-0.2, 0) is 4.79 Å². The number of aliphatic carboxylic acids is 1. The molecule has 0 radical (unpaired) electrons. The van der Waals surface area contributed by atoms with Gasteiger partial charge in [-0.3, -0.25) is 4.79 Å². The maximum absolute atomic E-state index is 12.8. The summed E-state index contributed by atoms with van der Waals surface area (Å²) in [5.74, 6) is -0.840. The minimum atomic E-state index is -3.61. The van der Waals surface area contributed by atoms with Crippen molar-refractivity contribution in [2.24, 2.45) is 0 Å². The molecule has 0 saturated heterocycles. The largest absolute Gasteiger partial charge is 0.586 e. The molecule has 1 heterocycles. The molecule has 1 aromatic carbocycles. The number of rotatable bonds is 6. The van der Waals surface area contributed by atoms with Gasteiger partial charge < -0.3 is 19.9 Å². The normalized spacial score (nSPS) is 15.3. The van der Waals surface area contributed by atoms with Crippen LogP contribution in [0.4, 0.5) is 14.5 Å². The number of carbonyl (C=O) groups is 1. The summed E-state index contributed by atoms with van der Waals surface area (Å²) < 4.78 is 34.1. The van der Waals surface area contributed by atoms with Crippen LogP contribution >= 0.6 is 0 Å². The zero-order chi connectivity index (χ0) is 13.9. The zero-order valence-corrected chi connectivity index (χ0v) is 9.99. The molecule has 0 fully saturated rings. The SMILES string of the molecule is O=C(O)CCCCNc1ccc2c(c1)OC(F)(F)O2. The van der Waals surface area contributed by atoms with Gasteiger partial charge in [0.05, 0.1) is 0 Å². The molecular weight excluding hydrogens is 260 g/mol. The van der Waals surface area contributed by atoms with Gasteiger partial charge in [0.15, 0.2) is 11.5 Å². The third-order valence-electron chi connectivity index (χ3n) is 2.55. The highest BCUT2D eigenvalue weighted by molar-refractivity contribution is 5.66. The van der Waals surface area contributed by atoms with Crippen LogP contribution in [0.1, 0.15) is 19.3 Å². The van der Waals surface area contributed by atoms with Gasteiger partial charge in [-0.05, 0) is 25.0 Å². The number of unbranched alkanes of at least 4 members (excludes halogenated alkanes) is 1. The predicted octanol–water partition coefficient (Wildman–Crippen LogP) is 2.67. The van der Waals surface area contributed by atoms with Crippen LogP contribution in [0.15, 0.2) is 18.2 Å². The van der Waals surface area contributed by atoms with E-state index >= 15 is 0 Å². The first kappa shape index (κ1) is 13.4. The molecule has 19 heavy (non-hydrogen) atoms. The van der Waals surface area contributed by atoms with Crippen LogP contribution in [0.25, 0.3) is 0 Å². The first-order valence-electron chi connectivity index (χ1n) is 5.82. The van der Waals surface area contributed by atoms with Crippen molar-refractivity contribution in [3.05, 3.63) is 18.2 Å². The Labute approximate surface area is 108 Å². The van der Waals surface area contributed by atoms with Gasteiger partial charge in [0, 0.05) is 24.7 Å². The molecule has 2 N–H and O–H groups in total. The highest BCUT2D eigenvalue weighted by atomic mass is 19.3. The fourth-order valence-corrected chi connectivity index (χ4v) is 1.69. The molecule has 0 saturated carbocycles. The number of ether oxygens (including phenoxy) is 2. The molecular formula is C12H13F2NO4. The number of carboxylic acids is 1. The Bertz CT molecular complexity index is 479. The number of anilines is 1. The average Bonchev–Trinajstić information content (AvgIpc) is 2.61. The van der Waals surface area contributed by atoms with Crippen molar-refractivity contribution in [2.75, 3.05) is 11.9 Å². The zero-order valence-electron chi connectivity index (χ0n) is 9.99. The topological polar surface area (TPSA) is 67.8 Å². The van der Waals surface area contributed by atoms with Gasteiger partial charge in [-0.15, -0.1) is 8.78 Å². The molecule has 0 aromatic heterocycles. The van der Waals surface area contributed by atoms with E-state index in [2.05, 4.69) is 14.8 Å². The number of alkyl halides is 2. The number of carboxylic acid groups (broad SMARTS) is 1. The van der Waals surface area contributed by atoms with E-state index in [1.807, 2.05) is 0 Å². The maximum atomic E-state index is 12.8. The van der Waals surface area contributed by atoms with Crippen molar-refractivity contribution in [3.63, 3.8) is 0 Å². The second-order valence-corrected chi connectivity index (χ2v) is 4.11. The lowest BCUT2D eigenvalue weighted by Gasteiger charge is -2.06. The Morgan fingerprint density at radius 2 is 2.00 bits per heavy atom. The third kappa shape index (κ3) is 3.70. The van der Waals surface area contributed by atoms with E-state index in [9.17, 15) is 13.6 Å². The summed E-state index contributed by atoms with van der Waals surface area (Å²) in [7, 11) is 0. The average molecular weight is 273 g/mol. The van der Waals surface area contributed by atoms with Crippen molar-refractivity contribution >= 4 is 11.7 Å². The molecule has 0 atom stereocenters. The van der Waals surface area contributed by atoms with Crippen molar-refractivity contribution in [1.29, 1.82) is 0 Å². The quantitative estimate of drug-likeness (QED) is 0.780. The maximum Gasteiger partial charge on any atom is 0.586 e.